The molecular formula is C9H9F2N3O2. The van der Waals surface area contributed by atoms with Crippen molar-refractivity contribution in [3.05, 3.63) is 28.4 Å². The predicted molar refractivity (Wildman–Crippen MR) is 50.2 cm³/mol. The number of rotatable bonds is 3. The molecule has 1 heterocycles. The van der Waals surface area contributed by atoms with Crippen molar-refractivity contribution in [2.75, 3.05) is 6.54 Å². The van der Waals surface area contributed by atoms with Crippen molar-refractivity contribution < 1.29 is 13.6 Å². The molecule has 0 aliphatic heterocycles. The van der Waals surface area contributed by atoms with Gasteiger partial charge in [-0.05, 0) is 0 Å². The van der Waals surface area contributed by atoms with Gasteiger partial charge in [-0.3, -0.25) is 9.59 Å². The molecular weight excluding hydrogens is 220 g/mol. The van der Waals surface area contributed by atoms with Crippen molar-refractivity contribution in [3.63, 3.8) is 0 Å². The lowest BCUT2D eigenvalue weighted by molar-refractivity contribution is 0.0890. The first-order chi connectivity index (χ1) is 7.50. The molecule has 2 N–H and O–H groups in total. The Bertz CT molecular complexity index is 472. The van der Waals surface area contributed by atoms with Crippen LogP contribution in [0.15, 0.2) is 17.2 Å². The number of amides is 1. The number of hydrogen-bond acceptors (Lipinski definition) is 3. The Morgan fingerprint density at radius 3 is 2.94 bits per heavy atom. The third-order valence-corrected chi connectivity index (χ3v) is 2.39. The van der Waals surface area contributed by atoms with Gasteiger partial charge in [0, 0.05) is 31.3 Å². The summed E-state index contributed by atoms with van der Waals surface area (Å²) in [6.45, 7) is -0.137. The minimum Gasteiger partial charge on any atom is -0.350 e. The fourth-order valence-corrected chi connectivity index (χ4v) is 1.30. The number of hydrogen-bond donors (Lipinski definition) is 2. The van der Waals surface area contributed by atoms with E-state index in [9.17, 15) is 18.4 Å². The molecule has 1 amide bonds. The maximum atomic E-state index is 12.5. The Balaban J connectivity index is 1.95. The summed E-state index contributed by atoms with van der Waals surface area (Å²) in [4.78, 5) is 28.3. The lowest BCUT2D eigenvalue weighted by Gasteiger charge is -2.02. The summed E-state index contributed by atoms with van der Waals surface area (Å²) >= 11 is 0. The summed E-state index contributed by atoms with van der Waals surface area (Å²) < 4.78 is 25.0. The number of H-pyrrole nitrogens is 1. The first-order valence-corrected chi connectivity index (χ1v) is 4.70. The smallest absolute Gasteiger partial charge is 0.279 e. The molecule has 0 bridgehead atoms. The highest BCUT2D eigenvalue weighted by molar-refractivity contribution is 5.91. The van der Waals surface area contributed by atoms with Crippen LogP contribution in [0.4, 0.5) is 8.78 Å². The molecule has 0 radical (unpaired) electrons. The SMILES string of the molecule is O=C(NCC1CC1(F)F)c1ncc[nH]c1=O. The molecule has 0 saturated heterocycles. The second-order valence-electron chi connectivity index (χ2n) is 3.64. The summed E-state index contributed by atoms with van der Waals surface area (Å²) in [6.07, 6.45) is 2.32. The molecule has 1 saturated carbocycles. The van der Waals surface area contributed by atoms with Gasteiger partial charge in [-0.2, -0.15) is 0 Å². The quantitative estimate of drug-likeness (QED) is 0.775. The van der Waals surface area contributed by atoms with E-state index in [1.54, 1.807) is 0 Å². The Morgan fingerprint density at radius 2 is 2.38 bits per heavy atom. The van der Waals surface area contributed by atoms with Crippen LogP contribution >= 0.6 is 0 Å². The lowest BCUT2D eigenvalue weighted by Crippen LogP contribution is -2.32. The molecule has 5 nitrogen and oxygen atoms in total. The maximum Gasteiger partial charge on any atom is 0.279 e. The molecule has 1 fully saturated rings. The van der Waals surface area contributed by atoms with E-state index in [-0.39, 0.29) is 18.7 Å². The topological polar surface area (TPSA) is 74.8 Å². The Morgan fingerprint density at radius 1 is 1.69 bits per heavy atom. The number of alkyl halides is 2. The van der Waals surface area contributed by atoms with Crippen LogP contribution in [0.3, 0.4) is 0 Å². The summed E-state index contributed by atoms with van der Waals surface area (Å²) in [6, 6.07) is 0. The van der Waals surface area contributed by atoms with Crippen LogP contribution in [0.1, 0.15) is 16.9 Å². The number of nitrogens with zero attached hydrogens (tertiary/aromatic N) is 1. The van der Waals surface area contributed by atoms with Crippen molar-refractivity contribution in [2.24, 2.45) is 5.92 Å². The van der Waals surface area contributed by atoms with Gasteiger partial charge in [0.25, 0.3) is 17.4 Å². The second-order valence-corrected chi connectivity index (χ2v) is 3.64. The fourth-order valence-electron chi connectivity index (χ4n) is 1.30. The third-order valence-electron chi connectivity index (χ3n) is 2.39. The minimum atomic E-state index is -2.68. The number of carbonyl (C=O) groups is 1. The summed E-state index contributed by atoms with van der Waals surface area (Å²) in [5.74, 6) is -4.23. The van der Waals surface area contributed by atoms with Crippen molar-refractivity contribution in [2.45, 2.75) is 12.3 Å². The van der Waals surface area contributed by atoms with Gasteiger partial charge in [-0.25, -0.2) is 13.8 Å². The molecule has 0 aromatic carbocycles. The maximum absolute atomic E-state index is 12.5. The summed E-state index contributed by atoms with van der Waals surface area (Å²) in [5.41, 5.74) is -0.950. The van der Waals surface area contributed by atoms with E-state index in [2.05, 4.69) is 15.3 Å². The molecule has 1 aromatic rings. The highest BCUT2D eigenvalue weighted by Crippen LogP contribution is 2.47. The lowest BCUT2D eigenvalue weighted by atomic mass is 10.3. The molecule has 86 valence electrons. The number of aromatic amines is 1. The number of nitrogens with one attached hydrogen (secondary N) is 2. The van der Waals surface area contributed by atoms with Crippen molar-refractivity contribution in [1.29, 1.82) is 0 Å². The van der Waals surface area contributed by atoms with Crippen LogP contribution in [-0.4, -0.2) is 28.3 Å². The van der Waals surface area contributed by atoms with Crippen LogP contribution in [-0.2, 0) is 0 Å². The molecule has 1 aliphatic rings. The summed E-state index contributed by atoms with van der Waals surface area (Å²) in [5, 5.41) is 2.26. The molecule has 1 aliphatic carbocycles. The van der Waals surface area contributed by atoms with Crippen LogP contribution < -0.4 is 10.9 Å². The zero-order valence-electron chi connectivity index (χ0n) is 8.17. The average Bonchev–Trinajstić information content (AvgIpc) is 2.84. The fraction of sp³-hybridized carbons (Fsp3) is 0.444. The summed E-state index contributed by atoms with van der Waals surface area (Å²) in [7, 11) is 0. The van der Waals surface area contributed by atoms with Gasteiger partial charge in [0.05, 0.1) is 0 Å². The zero-order chi connectivity index (χ0) is 11.8. The first-order valence-electron chi connectivity index (χ1n) is 4.70. The van der Waals surface area contributed by atoms with Gasteiger partial charge in [-0.15, -0.1) is 0 Å². The largest absolute Gasteiger partial charge is 0.350 e. The van der Waals surface area contributed by atoms with E-state index < -0.39 is 23.3 Å². The van der Waals surface area contributed by atoms with Gasteiger partial charge >= 0.3 is 0 Å². The van der Waals surface area contributed by atoms with Crippen molar-refractivity contribution in [3.8, 4) is 0 Å². The van der Waals surface area contributed by atoms with Crippen molar-refractivity contribution >= 4 is 5.91 Å². The highest BCUT2D eigenvalue weighted by atomic mass is 19.3. The Hall–Kier alpha value is -1.79. The van der Waals surface area contributed by atoms with E-state index in [1.807, 2.05) is 0 Å². The molecule has 2 rings (SSSR count). The van der Waals surface area contributed by atoms with Crippen LogP contribution in [0, 0.1) is 5.92 Å². The van der Waals surface area contributed by atoms with E-state index in [0.717, 1.165) is 0 Å². The number of halogens is 2. The zero-order valence-corrected chi connectivity index (χ0v) is 8.17. The van der Waals surface area contributed by atoms with Crippen molar-refractivity contribution in [1.82, 2.24) is 15.3 Å². The van der Waals surface area contributed by atoms with E-state index in [0.29, 0.717) is 0 Å². The Kier molecular flexibility index (Phi) is 2.45. The van der Waals surface area contributed by atoms with Crippen LogP contribution in [0.25, 0.3) is 0 Å². The van der Waals surface area contributed by atoms with Gasteiger partial charge in [0.15, 0.2) is 5.69 Å². The molecule has 0 spiro atoms. The molecule has 1 atom stereocenters. The number of carbonyl (C=O) groups excluding carboxylic acids is 1. The molecule has 1 unspecified atom stereocenters. The van der Waals surface area contributed by atoms with Gasteiger partial charge in [-0.1, -0.05) is 0 Å². The first kappa shape index (κ1) is 10.7. The Labute approximate surface area is 88.9 Å². The van der Waals surface area contributed by atoms with Gasteiger partial charge in [0.2, 0.25) is 0 Å². The highest BCUT2D eigenvalue weighted by Gasteiger charge is 2.56. The van der Waals surface area contributed by atoms with Gasteiger partial charge in [0.1, 0.15) is 0 Å². The minimum absolute atomic E-state index is 0.137. The van der Waals surface area contributed by atoms with E-state index >= 15 is 0 Å². The molecule has 1 aromatic heterocycles. The van der Waals surface area contributed by atoms with Gasteiger partial charge < -0.3 is 10.3 Å². The average molecular weight is 229 g/mol. The second kappa shape index (κ2) is 3.66. The monoisotopic (exact) mass is 229 g/mol. The standard InChI is InChI=1S/C9H9F2N3O2/c10-9(11)3-5(9)4-14-8(16)6-7(15)13-2-1-12-6/h1-2,5H,3-4H2,(H,13,15)(H,14,16). The number of aromatic nitrogens is 2. The normalized spacial score (nSPS) is 21.5. The van der Waals surface area contributed by atoms with E-state index in [1.165, 1.54) is 12.4 Å². The van der Waals surface area contributed by atoms with Crippen LogP contribution in [0.5, 0.6) is 0 Å². The van der Waals surface area contributed by atoms with E-state index in [4.69, 9.17) is 0 Å². The van der Waals surface area contributed by atoms with Crippen LogP contribution in [0.2, 0.25) is 0 Å². The third kappa shape index (κ3) is 2.07. The predicted octanol–water partition coefficient (Wildman–Crippen LogP) is 0.155. The molecule has 7 heteroatoms. The molecule has 16 heavy (non-hydrogen) atoms.